The molecule has 0 heterocycles. The average Bonchev–Trinajstić information content (AvgIpc) is 2.47. The quantitative estimate of drug-likeness (QED) is 0.619. The Labute approximate surface area is 116 Å². The van der Waals surface area contributed by atoms with Gasteiger partial charge >= 0.3 is 0 Å². The van der Waals surface area contributed by atoms with Crippen molar-refractivity contribution in [2.75, 3.05) is 0 Å². The van der Waals surface area contributed by atoms with Crippen LogP contribution in [0.1, 0.15) is 33.3 Å². The lowest BCUT2D eigenvalue weighted by Crippen LogP contribution is -1.74. The van der Waals surface area contributed by atoms with Crippen molar-refractivity contribution in [2.45, 2.75) is 44.4 Å². The normalized spacial score (nSPS) is 8.50. The van der Waals surface area contributed by atoms with Gasteiger partial charge in [-0.15, -0.1) is 0 Å². The van der Waals surface area contributed by atoms with Crippen molar-refractivity contribution in [3.63, 3.8) is 0 Å². The third-order valence-corrected chi connectivity index (χ3v) is 3.02. The third-order valence-electron chi connectivity index (χ3n) is 2.00. The molecule has 0 atom stereocenters. The van der Waals surface area contributed by atoms with E-state index in [9.17, 15) is 0 Å². The summed E-state index contributed by atoms with van der Waals surface area (Å²) in [6.07, 6.45) is 0. The lowest BCUT2D eigenvalue weighted by Gasteiger charge is -2.01. The minimum absolute atomic E-state index is 1.29. The maximum atomic E-state index is 2.16. The molecule has 18 heavy (non-hydrogen) atoms. The van der Waals surface area contributed by atoms with Crippen molar-refractivity contribution in [3.8, 4) is 0 Å². The van der Waals surface area contributed by atoms with E-state index < -0.39 is 0 Å². The van der Waals surface area contributed by atoms with Gasteiger partial charge in [0.15, 0.2) is 0 Å². The van der Waals surface area contributed by atoms with Crippen LogP contribution in [0.2, 0.25) is 0 Å². The van der Waals surface area contributed by atoms with Crippen molar-refractivity contribution in [1.29, 1.82) is 0 Å². The van der Waals surface area contributed by atoms with E-state index in [-0.39, 0.29) is 0 Å². The van der Waals surface area contributed by atoms with Crippen LogP contribution in [0, 0.1) is 6.92 Å². The molecular formula is C17H24S. The van der Waals surface area contributed by atoms with Crippen LogP contribution in [0.15, 0.2) is 64.4 Å². The summed E-state index contributed by atoms with van der Waals surface area (Å²) >= 11 is 1.80. The highest BCUT2D eigenvalue weighted by atomic mass is 32.2. The standard InChI is InChI=1S/C13H12S.2C2H6/c1-11-7-9-13(10-8-11)14-12-5-3-2-4-6-12;2*1-2/h2-10H,1H3;2*1-2H3. The molecule has 2 rings (SSSR count). The zero-order valence-corrected chi connectivity index (χ0v) is 12.9. The number of benzene rings is 2. The molecule has 0 N–H and O–H groups in total. The van der Waals surface area contributed by atoms with Gasteiger partial charge in [-0.25, -0.2) is 0 Å². The highest BCUT2D eigenvalue weighted by molar-refractivity contribution is 7.99. The molecule has 0 nitrogen and oxygen atoms in total. The minimum atomic E-state index is 1.29. The van der Waals surface area contributed by atoms with Crippen molar-refractivity contribution in [2.24, 2.45) is 0 Å². The lowest BCUT2D eigenvalue weighted by molar-refractivity contribution is 1.36. The molecule has 0 bridgehead atoms. The van der Waals surface area contributed by atoms with Gasteiger partial charge in [-0.3, -0.25) is 0 Å². The van der Waals surface area contributed by atoms with Gasteiger partial charge in [-0.05, 0) is 31.2 Å². The Kier molecular flexibility index (Phi) is 10.2. The van der Waals surface area contributed by atoms with Crippen LogP contribution < -0.4 is 0 Å². The summed E-state index contributed by atoms with van der Waals surface area (Å²) < 4.78 is 0. The van der Waals surface area contributed by atoms with Crippen LogP contribution >= 0.6 is 11.8 Å². The van der Waals surface area contributed by atoms with Gasteiger partial charge in [-0.1, -0.05) is 75.4 Å². The Hall–Kier alpha value is -1.21. The highest BCUT2D eigenvalue weighted by Gasteiger charge is 1.94. The second-order valence-corrected chi connectivity index (χ2v) is 4.38. The van der Waals surface area contributed by atoms with Crippen LogP contribution in [-0.4, -0.2) is 0 Å². The SMILES string of the molecule is CC.CC.Cc1ccc(Sc2ccccc2)cc1. The highest BCUT2D eigenvalue weighted by Crippen LogP contribution is 2.26. The van der Waals surface area contributed by atoms with E-state index in [2.05, 4.69) is 55.5 Å². The van der Waals surface area contributed by atoms with Crippen molar-refractivity contribution >= 4 is 11.8 Å². The molecule has 0 aromatic heterocycles. The van der Waals surface area contributed by atoms with Crippen molar-refractivity contribution in [3.05, 3.63) is 60.2 Å². The molecule has 0 amide bonds. The van der Waals surface area contributed by atoms with Crippen LogP contribution in [0.25, 0.3) is 0 Å². The number of aryl methyl sites for hydroxylation is 1. The van der Waals surface area contributed by atoms with Gasteiger partial charge in [0.25, 0.3) is 0 Å². The summed E-state index contributed by atoms with van der Waals surface area (Å²) in [7, 11) is 0. The molecule has 0 saturated carbocycles. The summed E-state index contributed by atoms with van der Waals surface area (Å²) in [6.45, 7) is 10.1. The largest absolute Gasteiger partial charge is 0.0901 e. The molecule has 0 fully saturated rings. The fourth-order valence-corrected chi connectivity index (χ4v) is 2.07. The zero-order valence-electron chi connectivity index (χ0n) is 12.1. The predicted molar refractivity (Wildman–Crippen MR) is 84.4 cm³/mol. The number of hydrogen-bond donors (Lipinski definition) is 0. The summed E-state index contributed by atoms with van der Waals surface area (Å²) in [6, 6.07) is 19.0. The Bertz CT molecular complexity index is 390. The molecule has 0 saturated heterocycles. The van der Waals surface area contributed by atoms with E-state index >= 15 is 0 Å². The molecular weight excluding hydrogens is 236 g/mol. The molecule has 1 heteroatoms. The van der Waals surface area contributed by atoms with Crippen LogP contribution in [-0.2, 0) is 0 Å². The molecule has 98 valence electrons. The molecule has 2 aromatic rings. The topological polar surface area (TPSA) is 0 Å². The molecule has 0 radical (unpaired) electrons. The van der Waals surface area contributed by atoms with Crippen molar-refractivity contribution in [1.82, 2.24) is 0 Å². The second-order valence-electron chi connectivity index (χ2n) is 3.23. The number of rotatable bonds is 2. The summed E-state index contributed by atoms with van der Waals surface area (Å²) in [5, 5.41) is 0. The first-order chi connectivity index (χ1) is 8.84. The van der Waals surface area contributed by atoms with Crippen LogP contribution in [0.5, 0.6) is 0 Å². The first kappa shape index (κ1) is 16.8. The summed E-state index contributed by atoms with van der Waals surface area (Å²) in [4.78, 5) is 2.58. The predicted octanol–water partition coefficient (Wildman–Crippen LogP) is 6.20. The molecule has 0 aliphatic rings. The third kappa shape index (κ3) is 6.51. The van der Waals surface area contributed by atoms with Gasteiger partial charge in [0.05, 0.1) is 0 Å². The first-order valence-electron chi connectivity index (χ1n) is 6.64. The molecule has 0 aliphatic carbocycles. The Balaban J connectivity index is 0.000000659. The maximum Gasteiger partial charge on any atom is 0.0122 e. The van der Waals surface area contributed by atoms with E-state index in [4.69, 9.17) is 0 Å². The van der Waals surface area contributed by atoms with E-state index in [1.54, 1.807) is 11.8 Å². The average molecular weight is 260 g/mol. The van der Waals surface area contributed by atoms with Crippen LogP contribution in [0.3, 0.4) is 0 Å². The first-order valence-corrected chi connectivity index (χ1v) is 7.46. The van der Waals surface area contributed by atoms with E-state index in [1.165, 1.54) is 15.4 Å². The molecule has 2 aromatic carbocycles. The Morgan fingerprint density at radius 2 is 1.06 bits per heavy atom. The smallest absolute Gasteiger partial charge is 0.0122 e. The second kappa shape index (κ2) is 10.9. The fraction of sp³-hybridized carbons (Fsp3) is 0.294. The minimum Gasteiger partial charge on any atom is -0.0901 e. The summed E-state index contributed by atoms with van der Waals surface area (Å²) in [5.41, 5.74) is 1.31. The van der Waals surface area contributed by atoms with E-state index in [0.717, 1.165) is 0 Å². The van der Waals surface area contributed by atoms with Gasteiger partial charge in [-0.2, -0.15) is 0 Å². The molecule has 0 aliphatic heterocycles. The van der Waals surface area contributed by atoms with E-state index in [1.807, 2.05) is 33.8 Å². The Morgan fingerprint density at radius 1 is 0.611 bits per heavy atom. The monoisotopic (exact) mass is 260 g/mol. The molecule has 0 spiro atoms. The maximum absolute atomic E-state index is 2.16. The number of hydrogen-bond acceptors (Lipinski definition) is 1. The van der Waals surface area contributed by atoms with Gasteiger partial charge in [0.2, 0.25) is 0 Å². The van der Waals surface area contributed by atoms with Gasteiger partial charge in [0, 0.05) is 9.79 Å². The molecule has 0 unspecified atom stereocenters. The van der Waals surface area contributed by atoms with Crippen LogP contribution in [0.4, 0.5) is 0 Å². The van der Waals surface area contributed by atoms with Crippen molar-refractivity contribution < 1.29 is 0 Å². The van der Waals surface area contributed by atoms with Gasteiger partial charge < -0.3 is 0 Å². The summed E-state index contributed by atoms with van der Waals surface area (Å²) in [5.74, 6) is 0. The Morgan fingerprint density at radius 3 is 1.56 bits per heavy atom. The lowest BCUT2D eigenvalue weighted by atomic mass is 10.2. The fourth-order valence-electron chi connectivity index (χ4n) is 1.23. The zero-order chi connectivity index (χ0) is 13.8. The van der Waals surface area contributed by atoms with E-state index in [0.29, 0.717) is 0 Å². The van der Waals surface area contributed by atoms with Gasteiger partial charge in [0.1, 0.15) is 0 Å².